The van der Waals surface area contributed by atoms with Crippen molar-refractivity contribution >= 4 is 11.9 Å². The number of carbonyl (C=O) groups excluding carboxylic acids is 2. The lowest BCUT2D eigenvalue weighted by molar-refractivity contribution is -0.143. The van der Waals surface area contributed by atoms with Crippen molar-refractivity contribution in [1.82, 2.24) is 5.32 Å². The van der Waals surface area contributed by atoms with Crippen molar-refractivity contribution < 1.29 is 24.5 Å². The van der Waals surface area contributed by atoms with E-state index in [4.69, 9.17) is 4.74 Å². The van der Waals surface area contributed by atoms with Gasteiger partial charge >= 0.3 is 5.97 Å². The lowest BCUT2D eigenvalue weighted by Gasteiger charge is -2.20. The van der Waals surface area contributed by atoms with Gasteiger partial charge in [-0.25, -0.2) is 0 Å². The summed E-state index contributed by atoms with van der Waals surface area (Å²) in [6.45, 7) is 4.92. The molecule has 2 atom stereocenters. The number of aliphatic hydroxyl groups excluding tert-OH is 2. The largest absolute Gasteiger partial charge is 0.466 e. The number of nitrogens with one attached hydrogen (secondary N) is 1. The van der Waals surface area contributed by atoms with E-state index in [1.165, 1.54) is 360 Å². The van der Waals surface area contributed by atoms with Gasteiger partial charge in [-0.15, -0.1) is 0 Å². The molecular formula is C79H151NO5. The first-order valence-electron chi connectivity index (χ1n) is 38.8. The van der Waals surface area contributed by atoms with E-state index in [0.717, 1.165) is 44.9 Å². The standard InChI is InChI=1S/C79H151NO5/c1-3-5-7-9-11-13-15-17-18-42-45-48-51-55-59-63-67-71-77(82)76(75-81)80-78(83)72-68-64-60-56-52-49-46-43-40-38-36-34-32-30-28-26-24-22-20-19-21-23-25-27-29-31-33-35-37-39-41-44-47-50-54-58-62-66-70-74-85-79(84)73-69-65-61-57-53-16-14-12-10-8-6-4-2/h12,14,19-20,67,71,76-77,81-82H,3-11,13,15-18,21-66,68-70,72-75H2,1-2H3,(H,80,83)/b14-12-,20-19-,71-67+. The average Bonchev–Trinajstić information content (AvgIpc) is 3.51. The second-order valence-corrected chi connectivity index (χ2v) is 26.7. The minimum Gasteiger partial charge on any atom is -0.466 e. The molecule has 3 N–H and O–H groups in total. The van der Waals surface area contributed by atoms with Crippen molar-refractivity contribution in [2.75, 3.05) is 13.2 Å². The highest BCUT2D eigenvalue weighted by Crippen LogP contribution is 2.19. The van der Waals surface area contributed by atoms with Crippen LogP contribution in [0.2, 0.25) is 0 Å². The maximum atomic E-state index is 12.5. The normalized spacial score (nSPS) is 12.7. The van der Waals surface area contributed by atoms with Crippen LogP contribution in [0.4, 0.5) is 0 Å². The van der Waals surface area contributed by atoms with Gasteiger partial charge in [-0.3, -0.25) is 9.59 Å². The fraction of sp³-hybridized carbons (Fsp3) is 0.899. The molecule has 1 amide bonds. The van der Waals surface area contributed by atoms with Crippen LogP contribution in [0, 0.1) is 0 Å². The van der Waals surface area contributed by atoms with Crippen LogP contribution in [0.25, 0.3) is 0 Å². The molecule has 0 saturated carbocycles. The van der Waals surface area contributed by atoms with Gasteiger partial charge in [-0.1, -0.05) is 371 Å². The molecule has 0 saturated heterocycles. The molecule has 0 aromatic rings. The van der Waals surface area contributed by atoms with Crippen LogP contribution in [-0.4, -0.2) is 47.4 Å². The second-order valence-electron chi connectivity index (χ2n) is 26.7. The van der Waals surface area contributed by atoms with Crippen molar-refractivity contribution in [1.29, 1.82) is 0 Å². The number of unbranched alkanes of at least 4 members (excludes halogenated alkanes) is 58. The molecule has 0 fully saturated rings. The number of carbonyl (C=O) groups is 2. The van der Waals surface area contributed by atoms with Crippen molar-refractivity contribution in [2.24, 2.45) is 0 Å². The maximum absolute atomic E-state index is 12.5. The number of amides is 1. The van der Waals surface area contributed by atoms with E-state index in [9.17, 15) is 19.8 Å². The van der Waals surface area contributed by atoms with E-state index in [1.54, 1.807) is 6.08 Å². The summed E-state index contributed by atoms with van der Waals surface area (Å²) in [5, 5.41) is 23.2. The zero-order valence-electron chi connectivity index (χ0n) is 57.6. The molecule has 0 aliphatic rings. The van der Waals surface area contributed by atoms with Crippen molar-refractivity contribution in [3.8, 4) is 0 Å². The first kappa shape index (κ1) is 83.1. The van der Waals surface area contributed by atoms with Crippen LogP contribution in [0.3, 0.4) is 0 Å². The number of hydrogen-bond donors (Lipinski definition) is 3. The van der Waals surface area contributed by atoms with E-state index in [1.807, 2.05) is 6.08 Å². The number of rotatable bonds is 73. The molecule has 6 heteroatoms. The first-order chi connectivity index (χ1) is 42.0. The molecule has 0 aliphatic carbocycles. The summed E-state index contributed by atoms with van der Waals surface area (Å²) >= 11 is 0. The van der Waals surface area contributed by atoms with Gasteiger partial charge in [0.05, 0.1) is 25.4 Å². The van der Waals surface area contributed by atoms with Crippen LogP contribution in [-0.2, 0) is 14.3 Å². The van der Waals surface area contributed by atoms with E-state index in [-0.39, 0.29) is 18.5 Å². The number of hydrogen-bond acceptors (Lipinski definition) is 5. The van der Waals surface area contributed by atoms with Gasteiger partial charge in [-0.2, -0.15) is 0 Å². The molecule has 0 spiro atoms. The summed E-state index contributed by atoms with van der Waals surface area (Å²) in [7, 11) is 0. The van der Waals surface area contributed by atoms with Gasteiger partial charge in [-0.05, 0) is 83.5 Å². The molecule has 0 aliphatic heterocycles. The van der Waals surface area contributed by atoms with Gasteiger partial charge < -0.3 is 20.3 Å². The summed E-state index contributed by atoms with van der Waals surface area (Å²) in [6, 6.07) is -0.625. The highest BCUT2D eigenvalue weighted by molar-refractivity contribution is 5.76. The van der Waals surface area contributed by atoms with E-state index < -0.39 is 12.1 Å². The van der Waals surface area contributed by atoms with Crippen molar-refractivity contribution in [3.63, 3.8) is 0 Å². The fourth-order valence-corrected chi connectivity index (χ4v) is 12.2. The molecule has 0 rings (SSSR count). The third-order valence-corrected chi connectivity index (χ3v) is 18.1. The highest BCUT2D eigenvalue weighted by Gasteiger charge is 2.18. The lowest BCUT2D eigenvalue weighted by Crippen LogP contribution is -2.45. The molecule has 502 valence electrons. The number of esters is 1. The van der Waals surface area contributed by atoms with Gasteiger partial charge in [0.1, 0.15) is 0 Å². The van der Waals surface area contributed by atoms with Crippen molar-refractivity contribution in [2.45, 2.75) is 443 Å². The Kier molecular flexibility index (Phi) is 72.9. The quantitative estimate of drug-likeness (QED) is 0.0320. The summed E-state index contributed by atoms with van der Waals surface area (Å²) in [4.78, 5) is 24.5. The van der Waals surface area contributed by atoms with Crippen LogP contribution >= 0.6 is 0 Å². The van der Waals surface area contributed by atoms with Crippen LogP contribution < -0.4 is 5.32 Å². The minimum atomic E-state index is -0.842. The lowest BCUT2D eigenvalue weighted by atomic mass is 10.0. The molecule has 0 bridgehead atoms. The molecule has 6 nitrogen and oxygen atoms in total. The number of ether oxygens (including phenoxy) is 1. The molecule has 0 radical (unpaired) electrons. The number of allylic oxidation sites excluding steroid dienone is 5. The van der Waals surface area contributed by atoms with Crippen LogP contribution in [0.15, 0.2) is 36.5 Å². The SMILES string of the molecule is CCCCC/C=C\CCCCCCCC(=O)OCCCCCCCCCCCCCCCCCCCC/C=C\CCCCCCCCCCCCCCCCCCCC(=O)NC(CO)C(O)/C=C/CCCCCCCCCCCCCCCCC. The maximum Gasteiger partial charge on any atom is 0.305 e. The summed E-state index contributed by atoms with van der Waals surface area (Å²) < 4.78 is 5.48. The van der Waals surface area contributed by atoms with E-state index in [0.29, 0.717) is 19.4 Å². The van der Waals surface area contributed by atoms with Gasteiger partial charge in [0.25, 0.3) is 0 Å². The summed E-state index contributed by atoms with van der Waals surface area (Å²) in [5.74, 6) is -0.0477. The van der Waals surface area contributed by atoms with Gasteiger partial charge in [0.15, 0.2) is 0 Å². The molecule has 0 aromatic carbocycles. The zero-order chi connectivity index (χ0) is 61.3. The van der Waals surface area contributed by atoms with Crippen molar-refractivity contribution in [3.05, 3.63) is 36.5 Å². The highest BCUT2D eigenvalue weighted by atomic mass is 16.5. The Morgan fingerprint density at radius 2 is 0.553 bits per heavy atom. The molecule has 0 aromatic heterocycles. The smallest absolute Gasteiger partial charge is 0.305 e. The Balaban J connectivity index is 3.34. The molecular weight excluding hydrogens is 1040 g/mol. The number of aliphatic hydroxyl groups is 2. The van der Waals surface area contributed by atoms with Gasteiger partial charge in [0.2, 0.25) is 5.91 Å². The first-order valence-corrected chi connectivity index (χ1v) is 38.8. The summed E-state index contributed by atoms with van der Waals surface area (Å²) in [5.41, 5.74) is 0. The Hall–Kier alpha value is -1.92. The Morgan fingerprint density at radius 1 is 0.318 bits per heavy atom. The third-order valence-electron chi connectivity index (χ3n) is 18.1. The second kappa shape index (κ2) is 74.5. The monoisotopic (exact) mass is 1190 g/mol. The Labute approximate surface area is 532 Å². The molecule has 0 heterocycles. The third kappa shape index (κ3) is 71.0. The van der Waals surface area contributed by atoms with Gasteiger partial charge in [0, 0.05) is 12.8 Å². The predicted molar refractivity (Wildman–Crippen MR) is 375 cm³/mol. The topological polar surface area (TPSA) is 95.9 Å². The zero-order valence-corrected chi connectivity index (χ0v) is 57.6. The van der Waals surface area contributed by atoms with E-state index >= 15 is 0 Å². The predicted octanol–water partition coefficient (Wildman–Crippen LogP) is 25.4. The Morgan fingerprint density at radius 3 is 0.859 bits per heavy atom. The average molecular weight is 1200 g/mol. The van der Waals surface area contributed by atoms with Crippen LogP contribution in [0.1, 0.15) is 431 Å². The minimum absolute atomic E-state index is 0.0126. The summed E-state index contributed by atoms with van der Waals surface area (Å²) in [6.07, 6.45) is 97.0. The van der Waals surface area contributed by atoms with E-state index in [2.05, 4.69) is 43.5 Å². The Bertz CT molecular complexity index is 1380. The molecule has 85 heavy (non-hydrogen) atoms. The van der Waals surface area contributed by atoms with Crippen LogP contribution in [0.5, 0.6) is 0 Å². The molecule has 2 unspecified atom stereocenters. The fourth-order valence-electron chi connectivity index (χ4n) is 12.2.